The lowest BCUT2D eigenvalue weighted by Gasteiger charge is -2.18. The Morgan fingerprint density at radius 1 is 1.18 bits per heavy atom. The van der Waals surface area contributed by atoms with Crippen molar-refractivity contribution >= 4 is 21.8 Å². The first kappa shape index (κ1) is 18.2. The summed E-state index contributed by atoms with van der Waals surface area (Å²) >= 11 is 0. The molecule has 1 atom stereocenters. The van der Waals surface area contributed by atoms with Crippen molar-refractivity contribution in [3.05, 3.63) is 29.8 Å². The minimum absolute atomic E-state index is 0.157. The van der Waals surface area contributed by atoms with Crippen LogP contribution in [0.5, 0.6) is 0 Å². The van der Waals surface area contributed by atoms with Gasteiger partial charge in [-0.05, 0) is 45.0 Å². The lowest BCUT2D eigenvalue weighted by molar-refractivity contribution is 0.0593. The topological polar surface area (TPSA) is 82.0 Å². The second kappa shape index (κ2) is 6.91. The monoisotopic (exact) mass is 327 g/mol. The van der Waals surface area contributed by atoms with E-state index in [-0.39, 0.29) is 5.75 Å². The van der Waals surface area contributed by atoms with E-state index in [1.807, 2.05) is 0 Å². The molecule has 1 amide bonds. The number of carbonyl (C=O) groups excluding carboxylic acids is 2. The van der Waals surface area contributed by atoms with E-state index >= 15 is 0 Å². The number of nitrogens with zero attached hydrogens (tertiary/aromatic N) is 1. The fourth-order valence-corrected chi connectivity index (χ4v) is 3.01. The molecule has 0 aliphatic heterocycles. The van der Waals surface area contributed by atoms with E-state index < -0.39 is 27.4 Å². The van der Waals surface area contributed by atoms with Crippen LogP contribution < -0.4 is 0 Å². The van der Waals surface area contributed by atoms with Crippen molar-refractivity contribution in [1.29, 1.82) is 0 Å². The fourth-order valence-electron chi connectivity index (χ4n) is 1.61. The van der Waals surface area contributed by atoms with Gasteiger partial charge in [0.05, 0.1) is 22.4 Å². The molecule has 0 aliphatic rings. The van der Waals surface area contributed by atoms with Crippen LogP contribution in [0.3, 0.4) is 0 Å². The largest absolute Gasteiger partial charge is 0.465 e. The van der Waals surface area contributed by atoms with E-state index in [1.165, 1.54) is 31.4 Å². The van der Waals surface area contributed by atoms with Crippen LogP contribution in [0.2, 0.25) is 0 Å². The Kier molecular flexibility index (Phi) is 5.71. The van der Waals surface area contributed by atoms with Gasteiger partial charge in [-0.2, -0.15) is 0 Å². The second-order valence-electron chi connectivity index (χ2n) is 5.52. The molecule has 0 aliphatic carbocycles. The lowest BCUT2D eigenvalue weighted by atomic mass is 10.2. The molecule has 0 saturated carbocycles. The van der Waals surface area contributed by atoms with Gasteiger partial charge in [-0.25, -0.2) is 13.8 Å². The number of carbonyl (C=O) groups is 2. The van der Waals surface area contributed by atoms with Crippen molar-refractivity contribution in [1.82, 2.24) is 0 Å². The average molecular weight is 327 g/mol. The van der Waals surface area contributed by atoms with Crippen LogP contribution in [0.15, 0.2) is 33.5 Å². The van der Waals surface area contributed by atoms with Crippen molar-refractivity contribution in [2.75, 3.05) is 12.9 Å². The van der Waals surface area contributed by atoms with Gasteiger partial charge in [-0.3, -0.25) is 0 Å². The summed E-state index contributed by atoms with van der Waals surface area (Å²) in [5.41, 5.74) is -0.370. The second-order valence-corrected chi connectivity index (χ2v) is 8.03. The molecule has 1 aromatic carbocycles. The molecule has 6 nitrogen and oxygen atoms in total. The standard InChI is InChI=1S/C15H21NO5S/c1-6-22(19,16-14(18)21-15(2,3)4)12-9-7-11(8-10-12)13(17)20-5/h7-10H,6H2,1-5H3. The van der Waals surface area contributed by atoms with Gasteiger partial charge >= 0.3 is 12.1 Å². The average Bonchev–Trinajstić information content (AvgIpc) is 2.44. The first-order valence-corrected chi connectivity index (χ1v) is 8.46. The first-order chi connectivity index (χ1) is 10.1. The highest BCUT2D eigenvalue weighted by molar-refractivity contribution is 7.93. The van der Waals surface area contributed by atoms with Crippen molar-refractivity contribution in [3.8, 4) is 0 Å². The Morgan fingerprint density at radius 3 is 2.14 bits per heavy atom. The van der Waals surface area contributed by atoms with Crippen molar-refractivity contribution in [2.24, 2.45) is 4.36 Å². The van der Waals surface area contributed by atoms with Crippen molar-refractivity contribution in [2.45, 2.75) is 38.2 Å². The molecule has 1 aromatic rings. The highest BCUT2D eigenvalue weighted by Crippen LogP contribution is 2.17. The SMILES string of the molecule is CCS(=O)(=NC(=O)OC(C)(C)C)c1ccc(C(=O)OC)cc1. The molecule has 7 heteroatoms. The fraction of sp³-hybridized carbons (Fsp3) is 0.467. The van der Waals surface area contributed by atoms with Crippen molar-refractivity contribution in [3.63, 3.8) is 0 Å². The van der Waals surface area contributed by atoms with Gasteiger partial charge in [0.25, 0.3) is 0 Å². The zero-order chi connectivity index (χ0) is 17.0. The van der Waals surface area contributed by atoms with E-state index in [9.17, 15) is 13.8 Å². The van der Waals surface area contributed by atoms with Gasteiger partial charge in [0.2, 0.25) is 0 Å². The molecular weight excluding hydrogens is 306 g/mol. The predicted octanol–water partition coefficient (Wildman–Crippen LogP) is 3.26. The van der Waals surface area contributed by atoms with Crippen LogP contribution in [0, 0.1) is 0 Å². The number of benzene rings is 1. The lowest BCUT2D eigenvalue weighted by Crippen LogP contribution is -2.23. The summed E-state index contributed by atoms with van der Waals surface area (Å²) in [7, 11) is -1.65. The third kappa shape index (κ3) is 4.84. The minimum Gasteiger partial charge on any atom is -0.465 e. The highest BCUT2D eigenvalue weighted by Gasteiger charge is 2.19. The number of hydrogen-bond acceptors (Lipinski definition) is 5. The molecule has 0 heterocycles. The van der Waals surface area contributed by atoms with E-state index in [4.69, 9.17) is 4.74 Å². The molecule has 1 rings (SSSR count). The Balaban J connectivity index is 3.16. The Hall–Kier alpha value is -1.89. The van der Waals surface area contributed by atoms with Gasteiger partial charge in [0.1, 0.15) is 5.60 Å². The number of amides is 1. The van der Waals surface area contributed by atoms with Gasteiger partial charge in [-0.1, -0.05) is 6.92 Å². The van der Waals surface area contributed by atoms with Crippen LogP contribution >= 0.6 is 0 Å². The van der Waals surface area contributed by atoms with E-state index in [2.05, 4.69) is 9.10 Å². The van der Waals surface area contributed by atoms with Crippen LogP contribution in [-0.2, 0) is 19.2 Å². The quantitative estimate of drug-likeness (QED) is 0.796. The summed E-state index contributed by atoms with van der Waals surface area (Å²) in [6.45, 7) is 6.79. The van der Waals surface area contributed by atoms with Gasteiger partial charge in [0, 0.05) is 10.6 Å². The third-order valence-corrected chi connectivity index (χ3v) is 4.89. The van der Waals surface area contributed by atoms with Crippen LogP contribution in [0.1, 0.15) is 38.1 Å². The summed E-state index contributed by atoms with van der Waals surface area (Å²) < 4.78 is 26.2. The third-order valence-electron chi connectivity index (χ3n) is 2.65. The summed E-state index contributed by atoms with van der Waals surface area (Å²) in [5.74, 6) is -0.331. The molecule has 122 valence electrons. The summed E-state index contributed by atoms with van der Waals surface area (Å²) in [4.78, 5) is 23.5. The van der Waals surface area contributed by atoms with E-state index in [0.29, 0.717) is 10.5 Å². The molecule has 0 bridgehead atoms. The maximum absolute atomic E-state index is 12.8. The van der Waals surface area contributed by atoms with E-state index in [0.717, 1.165) is 0 Å². The molecule has 0 aromatic heterocycles. The molecular formula is C15H21NO5S. The maximum atomic E-state index is 12.8. The summed E-state index contributed by atoms with van der Waals surface area (Å²) in [6, 6.07) is 5.99. The Labute approximate surface area is 131 Å². The zero-order valence-electron chi connectivity index (χ0n) is 13.4. The highest BCUT2D eigenvalue weighted by atomic mass is 32.2. The smallest absolute Gasteiger partial charge is 0.442 e. The van der Waals surface area contributed by atoms with Gasteiger partial charge < -0.3 is 9.47 Å². The van der Waals surface area contributed by atoms with E-state index in [1.54, 1.807) is 27.7 Å². The Bertz CT molecular complexity index is 664. The molecule has 0 fully saturated rings. The first-order valence-electron chi connectivity index (χ1n) is 6.77. The molecule has 22 heavy (non-hydrogen) atoms. The number of esters is 1. The van der Waals surface area contributed by atoms with Crippen molar-refractivity contribution < 1.29 is 23.3 Å². The molecule has 0 N–H and O–H groups in total. The van der Waals surface area contributed by atoms with Gasteiger partial charge in [-0.15, -0.1) is 4.36 Å². The van der Waals surface area contributed by atoms with Crippen LogP contribution in [-0.4, -0.2) is 34.7 Å². The zero-order valence-corrected chi connectivity index (χ0v) is 14.2. The summed E-state index contributed by atoms with van der Waals surface area (Å²) in [5, 5.41) is 0. The van der Waals surface area contributed by atoms with Gasteiger partial charge in [0.15, 0.2) is 0 Å². The molecule has 1 unspecified atom stereocenters. The number of ether oxygens (including phenoxy) is 2. The van der Waals surface area contributed by atoms with Crippen LogP contribution in [0.4, 0.5) is 4.79 Å². The number of rotatable bonds is 3. The molecule has 0 saturated heterocycles. The number of methoxy groups -OCH3 is 1. The Morgan fingerprint density at radius 2 is 1.73 bits per heavy atom. The molecule has 0 spiro atoms. The maximum Gasteiger partial charge on any atom is 0.442 e. The normalized spacial score (nSPS) is 13.9. The molecule has 0 radical (unpaired) electrons. The number of hydrogen-bond donors (Lipinski definition) is 0. The summed E-state index contributed by atoms with van der Waals surface area (Å²) in [6.07, 6.45) is -0.864. The van der Waals surface area contributed by atoms with Crippen LogP contribution in [0.25, 0.3) is 0 Å². The predicted molar refractivity (Wildman–Crippen MR) is 83.4 cm³/mol. The minimum atomic E-state index is -2.93.